The van der Waals surface area contributed by atoms with E-state index in [2.05, 4.69) is 4.99 Å². The van der Waals surface area contributed by atoms with Gasteiger partial charge in [-0.25, -0.2) is 8.78 Å². The molecule has 1 aromatic carbocycles. The molecule has 4 nitrogen and oxygen atoms in total. The molecule has 0 fully saturated rings. The van der Waals surface area contributed by atoms with Gasteiger partial charge in [0.15, 0.2) is 11.7 Å². The zero-order chi connectivity index (χ0) is 11.9. The normalized spacial score (nSPS) is 18.4. The highest BCUT2D eigenvalue weighted by molar-refractivity contribution is 6.22. The first kappa shape index (κ1) is 10.4. The predicted molar refractivity (Wildman–Crippen MR) is 50.0 cm³/mol. The Morgan fingerprint density at radius 3 is 2.56 bits per heavy atom. The molecule has 1 aliphatic rings. The van der Waals surface area contributed by atoms with Crippen molar-refractivity contribution < 1.29 is 23.5 Å². The number of nitrogens with zero attached hydrogens (tertiary/aromatic N) is 1. The van der Waals surface area contributed by atoms with E-state index in [0.717, 1.165) is 18.3 Å². The van der Waals surface area contributed by atoms with Gasteiger partial charge in [-0.2, -0.15) is 0 Å². The van der Waals surface area contributed by atoms with Crippen molar-refractivity contribution in [2.45, 2.75) is 0 Å². The van der Waals surface area contributed by atoms with Crippen molar-refractivity contribution in [2.24, 2.45) is 10.9 Å². The number of Topliss-reactive ketones (excluding diaryl/α,β-unsaturated/α-hetero) is 1. The Balaban J connectivity index is 2.64. The second-order valence-electron chi connectivity index (χ2n) is 3.21. The molecule has 1 N–H and O–H groups in total. The molecule has 1 aromatic rings. The first-order valence-corrected chi connectivity index (χ1v) is 4.31. The van der Waals surface area contributed by atoms with Crippen molar-refractivity contribution in [2.75, 3.05) is 0 Å². The Hall–Kier alpha value is -2.11. The maximum atomic E-state index is 13.3. The van der Waals surface area contributed by atoms with Crippen molar-refractivity contribution in [3.8, 4) is 0 Å². The van der Waals surface area contributed by atoms with Gasteiger partial charge in [-0.1, -0.05) is 0 Å². The summed E-state index contributed by atoms with van der Waals surface area (Å²) in [6.45, 7) is 0. The monoisotopic (exact) mass is 225 g/mol. The molecule has 0 aromatic heterocycles. The molecule has 2 rings (SSSR count). The van der Waals surface area contributed by atoms with Crippen molar-refractivity contribution in [3.05, 3.63) is 29.3 Å². The molecule has 1 unspecified atom stereocenters. The lowest BCUT2D eigenvalue weighted by molar-refractivity contribution is -0.137. The summed E-state index contributed by atoms with van der Waals surface area (Å²) in [6.07, 6.45) is 0.801. The molecule has 0 aliphatic carbocycles. The number of halogens is 2. The fourth-order valence-corrected chi connectivity index (χ4v) is 1.45. The second-order valence-corrected chi connectivity index (χ2v) is 3.21. The Kier molecular flexibility index (Phi) is 2.26. The maximum absolute atomic E-state index is 13.3. The highest BCUT2D eigenvalue weighted by Gasteiger charge is 2.34. The molecule has 0 spiro atoms. The van der Waals surface area contributed by atoms with Gasteiger partial charge in [-0.15, -0.1) is 0 Å². The summed E-state index contributed by atoms with van der Waals surface area (Å²) in [5.41, 5.74) is -1.04. The third-order valence-electron chi connectivity index (χ3n) is 2.23. The van der Waals surface area contributed by atoms with Crippen LogP contribution >= 0.6 is 0 Å². The van der Waals surface area contributed by atoms with E-state index in [1.165, 1.54) is 0 Å². The van der Waals surface area contributed by atoms with Crippen LogP contribution in [-0.2, 0) is 4.79 Å². The number of hydrogen-bond acceptors (Lipinski definition) is 3. The summed E-state index contributed by atoms with van der Waals surface area (Å²) in [7, 11) is 0. The van der Waals surface area contributed by atoms with Gasteiger partial charge in [-0.3, -0.25) is 14.6 Å². The SMILES string of the molecule is O=C(O)C1C=Nc2c(F)ccc(F)c2C1=O. The van der Waals surface area contributed by atoms with E-state index in [-0.39, 0.29) is 0 Å². The van der Waals surface area contributed by atoms with Crippen LogP contribution in [0.25, 0.3) is 0 Å². The van der Waals surface area contributed by atoms with Gasteiger partial charge in [0.05, 0.1) is 5.56 Å². The van der Waals surface area contributed by atoms with E-state index in [1.54, 1.807) is 0 Å². The molecule has 82 valence electrons. The molecular formula is C10H5F2NO3. The molecule has 0 bridgehead atoms. The fraction of sp³-hybridized carbons (Fsp3) is 0.100. The lowest BCUT2D eigenvalue weighted by Gasteiger charge is -2.14. The Morgan fingerprint density at radius 1 is 1.31 bits per heavy atom. The first-order valence-electron chi connectivity index (χ1n) is 4.31. The smallest absolute Gasteiger partial charge is 0.319 e. The van der Waals surface area contributed by atoms with Gasteiger partial charge in [0.1, 0.15) is 17.3 Å². The van der Waals surface area contributed by atoms with Crippen LogP contribution in [0.4, 0.5) is 14.5 Å². The van der Waals surface area contributed by atoms with Gasteiger partial charge in [0.25, 0.3) is 0 Å². The van der Waals surface area contributed by atoms with Crippen molar-refractivity contribution in [1.29, 1.82) is 0 Å². The number of carbonyl (C=O) groups is 2. The summed E-state index contributed by atoms with van der Waals surface area (Å²) in [6, 6.07) is 1.60. The average Bonchev–Trinajstić information content (AvgIpc) is 2.23. The first-order chi connectivity index (χ1) is 7.52. The van der Waals surface area contributed by atoms with Crippen LogP contribution in [0.2, 0.25) is 0 Å². The predicted octanol–water partition coefficient (Wildman–Crippen LogP) is 1.56. The molecule has 1 atom stereocenters. The Morgan fingerprint density at radius 2 is 1.94 bits per heavy atom. The molecule has 0 saturated heterocycles. The molecule has 0 radical (unpaired) electrons. The summed E-state index contributed by atoms with van der Waals surface area (Å²) in [5, 5.41) is 8.67. The van der Waals surface area contributed by atoms with Gasteiger partial charge in [0.2, 0.25) is 0 Å². The minimum atomic E-state index is -1.55. The second kappa shape index (κ2) is 3.48. The number of hydrogen-bond donors (Lipinski definition) is 1. The zero-order valence-corrected chi connectivity index (χ0v) is 7.78. The molecule has 0 saturated carbocycles. The average molecular weight is 225 g/mol. The number of carboxylic acid groups (broad SMARTS) is 1. The van der Waals surface area contributed by atoms with Crippen molar-refractivity contribution in [3.63, 3.8) is 0 Å². The van der Waals surface area contributed by atoms with E-state index >= 15 is 0 Å². The number of fused-ring (bicyclic) bond motifs is 1. The molecule has 6 heteroatoms. The highest BCUT2D eigenvalue weighted by atomic mass is 19.1. The summed E-state index contributed by atoms with van der Waals surface area (Å²) >= 11 is 0. The lowest BCUT2D eigenvalue weighted by atomic mass is 9.94. The molecule has 1 heterocycles. The number of rotatable bonds is 1. The van der Waals surface area contributed by atoms with Gasteiger partial charge in [-0.05, 0) is 12.1 Å². The fourth-order valence-electron chi connectivity index (χ4n) is 1.45. The third kappa shape index (κ3) is 1.39. The number of carbonyl (C=O) groups excluding carboxylic acids is 1. The van der Waals surface area contributed by atoms with Crippen LogP contribution in [0.3, 0.4) is 0 Å². The number of carboxylic acids is 1. The largest absolute Gasteiger partial charge is 0.480 e. The quantitative estimate of drug-likeness (QED) is 0.737. The number of aliphatic imine (C=N–C) groups is 1. The number of aliphatic carboxylic acids is 1. The third-order valence-corrected chi connectivity index (χ3v) is 2.23. The van der Waals surface area contributed by atoms with E-state index < -0.39 is 40.6 Å². The molecule has 1 aliphatic heterocycles. The Labute approximate surface area is 88.2 Å². The van der Waals surface area contributed by atoms with E-state index in [9.17, 15) is 18.4 Å². The van der Waals surface area contributed by atoms with Crippen LogP contribution in [-0.4, -0.2) is 23.1 Å². The van der Waals surface area contributed by atoms with Crippen LogP contribution in [0.5, 0.6) is 0 Å². The van der Waals surface area contributed by atoms with Crippen LogP contribution in [0.1, 0.15) is 10.4 Å². The number of ketones is 1. The highest BCUT2D eigenvalue weighted by Crippen LogP contribution is 2.31. The zero-order valence-electron chi connectivity index (χ0n) is 7.78. The number of benzene rings is 1. The van der Waals surface area contributed by atoms with Crippen molar-refractivity contribution >= 4 is 23.7 Å². The van der Waals surface area contributed by atoms with Crippen LogP contribution < -0.4 is 0 Å². The summed E-state index contributed by atoms with van der Waals surface area (Å²) in [5.74, 6) is -5.81. The van der Waals surface area contributed by atoms with E-state index in [0.29, 0.717) is 0 Å². The summed E-state index contributed by atoms with van der Waals surface area (Å²) in [4.78, 5) is 25.7. The van der Waals surface area contributed by atoms with Crippen LogP contribution in [0, 0.1) is 17.6 Å². The summed E-state index contributed by atoms with van der Waals surface area (Å²) < 4.78 is 26.5. The molecule has 16 heavy (non-hydrogen) atoms. The maximum Gasteiger partial charge on any atom is 0.319 e. The minimum absolute atomic E-state index is 0.442. The van der Waals surface area contributed by atoms with Gasteiger partial charge >= 0.3 is 5.97 Å². The van der Waals surface area contributed by atoms with Crippen LogP contribution in [0.15, 0.2) is 17.1 Å². The Bertz CT molecular complexity index is 525. The lowest BCUT2D eigenvalue weighted by Crippen LogP contribution is -2.28. The molecule has 0 amide bonds. The van der Waals surface area contributed by atoms with Gasteiger partial charge < -0.3 is 5.11 Å². The van der Waals surface area contributed by atoms with Gasteiger partial charge in [0, 0.05) is 6.21 Å². The molecular weight excluding hydrogens is 220 g/mol. The topological polar surface area (TPSA) is 66.7 Å². The van der Waals surface area contributed by atoms with Crippen molar-refractivity contribution in [1.82, 2.24) is 0 Å². The van der Waals surface area contributed by atoms with E-state index in [1.807, 2.05) is 0 Å². The standard InChI is InChI=1S/C10H5F2NO3/c11-5-1-2-6(12)8-7(5)9(14)4(3-13-8)10(15)16/h1-4H,(H,15,16). The van der Waals surface area contributed by atoms with E-state index in [4.69, 9.17) is 5.11 Å². The minimum Gasteiger partial charge on any atom is -0.480 e.